The highest BCUT2D eigenvalue weighted by atomic mass is 35.5. The van der Waals surface area contributed by atoms with Crippen molar-refractivity contribution in [2.45, 2.75) is 13.5 Å². The summed E-state index contributed by atoms with van der Waals surface area (Å²) in [6, 6.07) is 3.65. The Morgan fingerprint density at radius 1 is 1.53 bits per heavy atom. The molecule has 1 heterocycles. The minimum atomic E-state index is -0.488. The van der Waals surface area contributed by atoms with E-state index < -0.39 is 5.82 Å². The molecule has 0 bridgehead atoms. The second-order valence-corrected chi connectivity index (χ2v) is 4.24. The Morgan fingerprint density at radius 3 is 2.84 bits per heavy atom. The van der Waals surface area contributed by atoms with E-state index >= 15 is 0 Å². The summed E-state index contributed by atoms with van der Waals surface area (Å²) in [4.78, 5) is 12.5. The van der Waals surface area contributed by atoms with Crippen LogP contribution in [0.4, 0.5) is 4.39 Å². The lowest BCUT2D eigenvalue weighted by Gasteiger charge is -2.07. The first-order valence-electron chi connectivity index (χ1n) is 5.68. The normalized spacial score (nSPS) is 10.5. The summed E-state index contributed by atoms with van der Waals surface area (Å²) in [7, 11) is 1.46. The van der Waals surface area contributed by atoms with Gasteiger partial charge in [0.2, 0.25) is 5.78 Å². The number of carbonyl (C=O) groups is 1. The van der Waals surface area contributed by atoms with Gasteiger partial charge in [0.05, 0.1) is 18.3 Å². The van der Waals surface area contributed by atoms with E-state index in [2.05, 4.69) is 5.10 Å². The lowest BCUT2D eigenvalue weighted by Crippen LogP contribution is -2.12. The van der Waals surface area contributed by atoms with Crippen LogP contribution < -0.4 is 4.74 Å². The van der Waals surface area contributed by atoms with E-state index in [4.69, 9.17) is 16.3 Å². The number of carbonyl (C=O) groups excluding carboxylic acids is 1. The van der Waals surface area contributed by atoms with Crippen LogP contribution in [0.1, 0.15) is 23.0 Å². The van der Waals surface area contributed by atoms with E-state index in [1.165, 1.54) is 30.1 Å². The van der Waals surface area contributed by atoms with Crippen LogP contribution in [0.3, 0.4) is 0 Å². The molecule has 1 aromatic heterocycles. The van der Waals surface area contributed by atoms with E-state index in [-0.39, 0.29) is 16.4 Å². The third kappa shape index (κ3) is 2.46. The molecular formula is C13H12ClFN2O2. The van der Waals surface area contributed by atoms with Gasteiger partial charge >= 0.3 is 0 Å². The molecule has 19 heavy (non-hydrogen) atoms. The number of methoxy groups -OCH3 is 1. The molecule has 0 aliphatic rings. The molecule has 0 N–H and O–H groups in total. The smallest absolute Gasteiger partial charge is 0.216 e. The average molecular weight is 283 g/mol. The molecule has 0 aliphatic carbocycles. The van der Waals surface area contributed by atoms with Crippen molar-refractivity contribution in [3.63, 3.8) is 0 Å². The predicted molar refractivity (Wildman–Crippen MR) is 69.3 cm³/mol. The molecule has 0 atom stereocenters. The van der Waals surface area contributed by atoms with Crippen molar-refractivity contribution in [2.75, 3.05) is 7.11 Å². The molecule has 4 nitrogen and oxygen atoms in total. The van der Waals surface area contributed by atoms with Gasteiger partial charge in [-0.2, -0.15) is 5.10 Å². The van der Waals surface area contributed by atoms with Gasteiger partial charge in [-0.15, -0.1) is 0 Å². The van der Waals surface area contributed by atoms with Gasteiger partial charge in [0, 0.05) is 12.1 Å². The van der Waals surface area contributed by atoms with Crippen LogP contribution in [0, 0.1) is 5.82 Å². The molecule has 100 valence electrons. The van der Waals surface area contributed by atoms with Crippen molar-refractivity contribution < 1.29 is 13.9 Å². The van der Waals surface area contributed by atoms with Gasteiger partial charge in [0.1, 0.15) is 5.82 Å². The molecule has 0 amide bonds. The first-order valence-corrected chi connectivity index (χ1v) is 6.05. The summed E-state index contributed by atoms with van der Waals surface area (Å²) in [6.07, 6.45) is 1.47. The van der Waals surface area contributed by atoms with Gasteiger partial charge in [-0.25, -0.2) is 4.39 Å². The Balaban J connectivity index is 2.52. The molecule has 0 saturated heterocycles. The van der Waals surface area contributed by atoms with Crippen molar-refractivity contribution >= 4 is 17.4 Å². The highest BCUT2D eigenvalue weighted by Gasteiger charge is 2.22. The van der Waals surface area contributed by atoms with Gasteiger partial charge in [-0.1, -0.05) is 11.6 Å². The van der Waals surface area contributed by atoms with Gasteiger partial charge in [0.15, 0.2) is 11.4 Å². The lowest BCUT2D eigenvalue weighted by molar-refractivity contribution is 0.102. The average Bonchev–Trinajstić information content (AvgIpc) is 2.80. The summed E-state index contributed by atoms with van der Waals surface area (Å²) in [5.74, 6) is -0.467. The summed E-state index contributed by atoms with van der Waals surface area (Å²) in [5.41, 5.74) is 0.523. The number of ketones is 1. The minimum Gasteiger partial charge on any atom is -0.493 e. The fourth-order valence-electron chi connectivity index (χ4n) is 1.79. The molecule has 0 saturated carbocycles. The number of aromatic nitrogens is 2. The van der Waals surface area contributed by atoms with Crippen LogP contribution in [0.2, 0.25) is 5.02 Å². The van der Waals surface area contributed by atoms with E-state index in [1.54, 1.807) is 0 Å². The van der Waals surface area contributed by atoms with Gasteiger partial charge < -0.3 is 4.74 Å². The zero-order valence-electron chi connectivity index (χ0n) is 10.5. The van der Waals surface area contributed by atoms with E-state index in [0.717, 1.165) is 6.07 Å². The molecule has 2 aromatic rings. The maximum atomic E-state index is 13.0. The van der Waals surface area contributed by atoms with Crippen molar-refractivity contribution in [2.24, 2.45) is 0 Å². The minimum absolute atomic E-state index is 0.0657. The Kier molecular flexibility index (Phi) is 3.85. The first kappa shape index (κ1) is 13.5. The zero-order valence-corrected chi connectivity index (χ0v) is 11.2. The second kappa shape index (κ2) is 5.40. The number of hydrogen-bond acceptors (Lipinski definition) is 3. The third-order valence-electron chi connectivity index (χ3n) is 2.72. The quantitative estimate of drug-likeness (QED) is 0.810. The highest BCUT2D eigenvalue weighted by molar-refractivity contribution is 6.35. The molecule has 6 heteroatoms. The van der Waals surface area contributed by atoms with Crippen LogP contribution in [-0.4, -0.2) is 22.7 Å². The van der Waals surface area contributed by atoms with Crippen LogP contribution in [0.15, 0.2) is 24.4 Å². The fourth-order valence-corrected chi connectivity index (χ4v) is 2.04. The van der Waals surface area contributed by atoms with Crippen molar-refractivity contribution in [1.82, 2.24) is 9.78 Å². The number of ether oxygens (including phenoxy) is 1. The summed E-state index contributed by atoms with van der Waals surface area (Å²) < 4.78 is 19.6. The molecule has 0 fully saturated rings. The molecule has 0 spiro atoms. The number of hydrogen-bond donors (Lipinski definition) is 0. The number of nitrogens with zero attached hydrogens (tertiary/aromatic N) is 2. The third-order valence-corrected chi connectivity index (χ3v) is 3.03. The van der Waals surface area contributed by atoms with Crippen molar-refractivity contribution in [1.29, 1.82) is 0 Å². The topological polar surface area (TPSA) is 44.1 Å². The summed E-state index contributed by atoms with van der Waals surface area (Å²) in [5, 5.41) is 4.12. The maximum Gasteiger partial charge on any atom is 0.216 e. The Labute approximate surface area is 114 Å². The number of aryl methyl sites for hydroxylation is 1. The van der Waals surface area contributed by atoms with E-state index in [0.29, 0.717) is 18.0 Å². The van der Waals surface area contributed by atoms with Crippen LogP contribution >= 0.6 is 11.6 Å². The van der Waals surface area contributed by atoms with Crippen LogP contribution in [0.5, 0.6) is 5.75 Å². The Morgan fingerprint density at radius 2 is 2.26 bits per heavy atom. The zero-order chi connectivity index (χ0) is 14.0. The van der Waals surface area contributed by atoms with Crippen molar-refractivity contribution in [3.8, 4) is 5.75 Å². The lowest BCUT2D eigenvalue weighted by atomic mass is 10.1. The monoisotopic (exact) mass is 282 g/mol. The summed E-state index contributed by atoms with van der Waals surface area (Å²) in [6.45, 7) is 2.37. The summed E-state index contributed by atoms with van der Waals surface area (Å²) >= 11 is 5.90. The Bertz CT molecular complexity index is 604. The number of benzene rings is 1. The maximum absolute atomic E-state index is 13.0. The molecular weight excluding hydrogens is 271 g/mol. The number of halogens is 2. The fraction of sp³-hybridized carbons (Fsp3) is 0.231. The van der Waals surface area contributed by atoms with Crippen LogP contribution in [0.25, 0.3) is 0 Å². The number of rotatable bonds is 4. The van der Waals surface area contributed by atoms with Crippen LogP contribution in [-0.2, 0) is 6.54 Å². The Hall–Kier alpha value is -1.88. The SMILES string of the molecule is CCn1ncc(OC)c1C(=O)c1ccc(F)cc1Cl. The molecule has 0 unspecified atom stereocenters. The van der Waals surface area contributed by atoms with Gasteiger partial charge in [-0.05, 0) is 25.1 Å². The largest absolute Gasteiger partial charge is 0.493 e. The van der Waals surface area contributed by atoms with Gasteiger partial charge in [-0.3, -0.25) is 9.48 Å². The van der Waals surface area contributed by atoms with Crippen molar-refractivity contribution in [3.05, 3.63) is 46.5 Å². The molecule has 0 radical (unpaired) electrons. The van der Waals surface area contributed by atoms with Gasteiger partial charge in [0.25, 0.3) is 0 Å². The van der Waals surface area contributed by atoms with E-state index in [9.17, 15) is 9.18 Å². The molecule has 1 aromatic carbocycles. The standard InChI is InChI=1S/C13H12ClFN2O2/c1-3-17-12(11(19-2)7-16-17)13(18)9-5-4-8(15)6-10(9)14/h4-7H,3H2,1-2H3. The predicted octanol–water partition coefficient (Wildman–Crippen LogP) is 2.94. The highest BCUT2D eigenvalue weighted by Crippen LogP contribution is 2.25. The molecule has 2 rings (SSSR count). The molecule has 0 aliphatic heterocycles. The first-order chi connectivity index (χ1) is 9.08. The van der Waals surface area contributed by atoms with E-state index in [1.807, 2.05) is 6.92 Å². The second-order valence-electron chi connectivity index (χ2n) is 3.83.